The topological polar surface area (TPSA) is 117 Å². The molecule has 2 unspecified atom stereocenters. The van der Waals surface area contributed by atoms with Crippen molar-refractivity contribution < 1.29 is 38.1 Å². The fourth-order valence-electron chi connectivity index (χ4n) is 2.26. The number of nitrogens with one attached hydrogen (secondary N) is 1. The number of rotatable bonds is 5. The average molecular weight is 331 g/mol. The molecule has 1 fully saturated rings. The van der Waals surface area contributed by atoms with Gasteiger partial charge in [0.25, 0.3) is 0 Å². The molecule has 9 nitrogen and oxygen atoms in total. The lowest BCUT2D eigenvalue weighted by molar-refractivity contribution is -0.207. The third-order valence-corrected chi connectivity index (χ3v) is 3.02. The highest BCUT2D eigenvalue weighted by Gasteiger charge is 2.45. The van der Waals surface area contributed by atoms with E-state index in [2.05, 4.69) is 5.32 Å². The molecule has 0 saturated carbocycles. The van der Waals surface area contributed by atoms with Gasteiger partial charge in [0.15, 0.2) is 12.2 Å². The van der Waals surface area contributed by atoms with Gasteiger partial charge >= 0.3 is 17.9 Å². The molecule has 0 aromatic carbocycles. The minimum Gasteiger partial charge on any atom is -0.463 e. The molecular weight excluding hydrogens is 310 g/mol. The fraction of sp³-hybridized carbons (Fsp3) is 0.714. The summed E-state index contributed by atoms with van der Waals surface area (Å²) in [4.78, 5) is 44.9. The summed E-state index contributed by atoms with van der Waals surface area (Å²) in [7, 11) is 0. The Labute approximate surface area is 133 Å². The molecule has 1 heterocycles. The minimum absolute atomic E-state index is 0.0151. The van der Waals surface area contributed by atoms with Crippen LogP contribution in [0, 0.1) is 0 Å². The first-order chi connectivity index (χ1) is 10.7. The summed E-state index contributed by atoms with van der Waals surface area (Å²) in [5, 5.41) is 2.59. The Balaban J connectivity index is 2.98. The predicted molar refractivity (Wildman–Crippen MR) is 75.1 cm³/mol. The van der Waals surface area contributed by atoms with Crippen LogP contribution in [0.25, 0.3) is 0 Å². The van der Waals surface area contributed by atoms with Crippen molar-refractivity contribution >= 4 is 23.8 Å². The predicted octanol–water partition coefficient (Wildman–Crippen LogP) is -0.684. The van der Waals surface area contributed by atoms with Crippen molar-refractivity contribution in [2.75, 3.05) is 13.2 Å². The molecule has 1 saturated heterocycles. The molecule has 130 valence electrons. The van der Waals surface area contributed by atoms with Crippen LogP contribution < -0.4 is 5.32 Å². The van der Waals surface area contributed by atoms with E-state index in [0.29, 0.717) is 0 Å². The molecular formula is C14H21NO8. The number of hydrogen-bond acceptors (Lipinski definition) is 8. The van der Waals surface area contributed by atoms with Crippen molar-refractivity contribution in [1.82, 2.24) is 5.32 Å². The highest BCUT2D eigenvalue weighted by molar-refractivity contribution is 5.73. The molecule has 23 heavy (non-hydrogen) atoms. The van der Waals surface area contributed by atoms with Gasteiger partial charge in [-0.05, 0) is 0 Å². The second-order valence-electron chi connectivity index (χ2n) is 5.13. The highest BCUT2D eigenvalue weighted by atomic mass is 16.6. The normalized spacial score (nSPS) is 26.8. The van der Waals surface area contributed by atoms with Gasteiger partial charge in [-0.25, -0.2) is 0 Å². The fourth-order valence-corrected chi connectivity index (χ4v) is 2.26. The molecule has 0 spiro atoms. The largest absolute Gasteiger partial charge is 0.463 e. The van der Waals surface area contributed by atoms with Gasteiger partial charge in [-0.3, -0.25) is 19.2 Å². The molecule has 0 bridgehead atoms. The SMILES string of the molecule is CC(=O)NC1COC(COC(C)=O)[C@H](OC(C)=O)[C@@H]1OC(C)=O. The average Bonchev–Trinajstić information content (AvgIpc) is 2.39. The first-order valence-corrected chi connectivity index (χ1v) is 7.07. The van der Waals surface area contributed by atoms with Crippen LogP contribution in [-0.2, 0) is 38.1 Å². The Kier molecular flexibility index (Phi) is 6.95. The monoisotopic (exact) mass is 331 g/mol. The number of esters is 3. The zero-order valence-electron chi connectivity index (χ0n) is 13.5. The summed E-state index contributed by atoms with van der Waals surface area (Å²) >= 11 is 0. The van der Waals surface area contributed by atoms with Crippen LogP contribution in [0.3, 0.4) is 0 Å². The van der Waals surface area contributed by atoms with E-state index >= 15 is 0 Å². The van der Waals surface area contributed by atoms with E-state index in [-0.39, 0.29) is 19.1 Å². The van der Waals surface area contributed by atoms with E-state index in [1.165, 1.54) is 27.7 Å². The molecule has 0 aromatic rings. The van der Waals surface area contributed by atoms with Gasteiger partial charge < -0.3 is 24.3 Å². The lowest BCUT2D eigenvalue weighted by Crippen LogP contribution is -2.62. The van der Waals surface area contributed by atoms with E-state index in [9.17, 15) is 19.2 Å². The molecule has 0 aromatic heterocycles. The standard InChI is InChI=1S/C14H21NO8/c1-7(16)15-11-5-21-12(6-20-8(2)17)14(23-10(4)19)13(11)22-9(3)18/h11-14H,5-6H2,1-4H3,(H,15,16)/t11?,12?,13-,14+/m1/s1. The second-order valence-corrected chi connectivity index (χ2v) is 5.13. The maximum absolute atomic E-state index is 11.3. The molecule has 0 aliphatic carbocycles. The van der Waals surface area contributed by atoms with Crippen LogP contribution in [0.4, 0.5) is 0 Å². The Hall–Kier alpha value is -2.16. The van der Waals surface area contributed by atoms with Gasteiger partial charge in [-0.1, -0.05) is 0 Å². The summed E-state index contributed by atoms with van der Waals surface area (Å²) < 4.78 is 20.8. The number of amides is 1. The van der Waals surface area contributed by atoms with Crippen molar-refractivity contribution in [2.45, 2.75) is 52.0 Å². The quantitative estimate of drug-likeness (QED) is 0.520. The lowest BCUT2D eigenvalue weighted by atomic mass is 9.97. The van der Waals surface area contributed by atoms with Crippen LogP contribution in [0.15, 0.2) is 0 Å². The molecule has 1 amide bonds. The van der Waals surface area contributed by atoms with Crippen molar-refractivity contribution in [3.63, 3.8) is 0 Å². The van der Waals surface area contributed by atoms with E-state index in [0.717, 1.165) is 0 Å². The smallest absolute Gasteiger partial charge is 0.303 e. The molecule has 4 atom stereocenters. The summed E-state index contributed by atoms with van der Waals surface area (Å²) in [6.45, 7) is 4.77. The maximum Gasteiger partial charge on any atom is 0.303 e. The third-order valence-electron chi connectivity index (χ3n) is 3.02. The van der Waals surface area contributed by atoms with Crippen molar-refractivity contribution in [3.05, 3.63) is 0 Å². The first-order valence-electron chi connectivity index (χ1n) is 7.07. The zero-order chi connectivity index (χ0) is 17.6. The van der Waals surface area contributed by atoms with Crippen molar-refractivity contribution in [1.29, 1.82) is 0 Å². The van der Waals surface area contributed by atoms with E-state index in [1.54, 1.807) is 0 Å². The first kappa shape index (κ1) is 18.9. The molecule has 0 radical (unpaired) electrons. The maximum atomic E-state index is 11.3. The third kappa shape index (κ3) is 6.23. The highest BCUT2D eigenvalue weighted by Crippen LogP contribution is 2.23. The molecule has 1 aliphatic heterocycles. The van der Waals surface area contributed by atoms with Crippen LogP contribution in [-0.4, -0.2) is 61.4 Å². The Bertz CT molecular complexity index is 477. The van der Waals surface area contributed by atoms with Crippen LogP contribution >= 0.6 is 0 Å². The van der Waals surface area contributed by atoms with E-state index in [4.69, 9.17) is 18.9 Å². The van der Waals surface area contributed by atoms with Crippen molar-refractivity contribution in [3.8, 4) is 0 Å². The Morgan fingerprint density at radius 2 is 1.52 bits per heavy atom. The van der Waals surface area contributed by atoms with Crippen molar-refractivity contribution in [2.24, 2.45) is 0 Å². The van der Waals surface area contributed by atoms with Gasteiger partial charge in [0.05, 0.1) is 12.6 Å². The summed E-state index contributed by atoms with van der Waals surface area (Å²) in [6, 6.07) is -0.686. The molecule has 9 heteroatoms. The molecule has 1 aliphatic rings. The molecule has 1 N–H and O–H groups in total. The zero-order valence-corrected chi connectivity index (χ0v) is 13.5. The van der Waals surface area contributed by atoms with Crippen LogP contribution in [0.1, 0.15) is 27.7 Å². The van der Waals surface area contributed by atoms with Gasteiger partial charge in [0.2, 0.25) is 5.91 Å². The summed E-state index contributed by atoms with van der Waals surface area (Å²) in [5.41, 5.74) is 0. The number of carbonyl (C=O) groups is 4. The van der Waals surface area contributed by atoms with Gasteiger partial charge in [0.1, 0.15) is 12.7 Å². The van der Waals surface area contributed by atoms with Gasteiger partial charge in [-0.15, -0.1) is 0 Å². The lowest BCUT2D eigenvalue weighted by Gasteiger charge is -2.41. The number of hydrogen-bond donors (Lipinski definition) is 1. The number of ether oxygens (including phenoxy) is 4. The summed E-state index contributed by atoms with van der Waals surface area (Å²) in [5.74, 6) is -2.10. The Morgan fingerprint density at radius 1 is 0.957 bits per heavy atom. The molecule has 1 rings (SSSR count). The van der Waals surface area contributed by atoms with E-state index < -0.39 is 42.3 Å². The Morgan fingerprint density at radius 3 is 2.00 bits per heavy atom. The summed E-state index contributed by atoms with van der Waals surface area (Å²) in [6.07, 6.45) is -2.77. The van der Waals surface area contributed by atoms with Gasteiger partial charge in [0, 0.05) is 27.7 Å². The van der Waals surface area contributed by atoms with Crippen LogP contribution in [0.2, 0.25) is 0 Å². The van der Waals surface area contributed by atoms with Gasteiger partial charge in [-0.2, -0.15) is 0 Å². The van der Waals surface area contributed by atoms with Crippen LogP contribution in [0.5, 0.6) is 0 Å². The van der Waals surface area contributed by atoms with E-state index in [1.807, 2.05) is 0 Å². The number of carbonyl (C=O) groups excluding carboxylic acids is 4. The minimum atomic E-state index is -1.01. The second kappa shape index (κ2) is 8.47.